The lowest BCUT2D eigenvalue weighted by Gasteiger charge is -2.36. The molecule has 0 saturated carbocycles. The van der Waals surface area contributed by atoms with Crippen LogP contribution in [0.15, 0.2) is 48.8 Å². The minimum atomic E-state index is 0.179. The number of pyridine rings is 1. The Hall–Kier alpha value is -2.20. The molecule has 3 aliphatic heterocycles. The molecule has 0 N–H and O–H groups in total. The van der Waals surface area contributed by atoms with Crippen molar-refractivity contribution in [3.63, 3.8) is 0 Å². The van der Waals surface area contributed by atoms with Crippen molar-refractivity contribution in [2.24, 2.45) is 5.92 Å². The van der Waals surface area contributed by atoms with Gasteiger partial charge in [-0.05, 0) is 54.9 Å². The molecule has 26 heavy (non-hydrogen) atoms. The fourth-order valence-electron chi connectivity index (χ4n) is 5.12. The third-order valence-electron chi connectivity index (χ3n) is 6.48. The molecule has 0 radical (unpaired) electrons. The van der Waals surface area contributed by atoms with Gasteiger partial charge in [-0.2, -0.15) is 0 Å². The second-order valence-corrected chi connectivity index (χ2v) is 8.08. The quantitative estimate of drug-likeness (QED) is 0.838. The van der Waals surface area contributed by atoms with Gasteiger partial charge in [-0.15, -0.1) is 0 Å². The van der Waals surface area contributed by atoms with Crippen molar-refractivity contribution >= 4 is 5.91 Å². The number of hydrogen-bond donors (Lipinski definition) is 0. The van der Waals surface area contributed by atoms with Gasteiger partial charge in [0, 0.05) is 49.7 Å². The molecule has 0 unspecified atom stereocenters. The monoisotopic (exact) mass is 347 g/mol. The third-order valence-corrected chi connectivity index (χ3v) is 6.48. The molecule has 1 aromatic heterocycles. The highest BCUT2D eigenvalue weighted by Crippen LogP contribution is 2.33. The summed E-state index contributed by atoms with van der Waals surface area (Å²) in [6.07, 6.45) is 8.14. The van der Waals surface area contributed by atoms with E-state index in [-0.39, 0.29) is 5.91 Å². The smallest absolute Gasteiger partial charge is 0.254 e. The van der Waals surface area contributed by atoms with E-state index in [0.29, 0.717) is 18.0 Å². The molecule has 2 bridgehead atoms. The van der Waals surface area contributed by atoms with Crippen LogP contribution in [0.3, 0.4) is 0 Å². The maximum atomic E-state index is 13.0. The second-order valence-electron chi connectivity index (χ2n) is 8.08. The summed E-state index contributed by atoms with van der Waals surface area (Å²) in [7, 11) is 0. The van der Waals surface area contributed by atoms with Gasteiger partial charge in [-0.25, -0.2) is 0 Å². The fourth-order valence-corrected chi connectivity index (χ4v) is 5.12. The summed E-state index contributed by atoms with van der Waals surface area (Å²) in [5.41, 5.74) is 3.80. The van der Waals surface area contributed by atoms with E-state index in [1.165, 1.54) is 17.5 Å². The summed E-state index contributed by atoms with van der Waals surface area (Å²) < 4.78 is 0. The van der Waals surface area contributed by atoms with Crippen LogP contribution in [0.1, 0.15) is 34.3 Å². The van der Waals surface area contributed by atoms with Gasteiger partial charge in [-0.3, -0.25) is 14.7 Å². The van der Waals surface area contributed by atoms with Crippen molar-refractivity contribution in [2.75, 3.05) is 19.6 Å². The first-order valence-electron chi connectivity index (χ1n) is 9.80. The van der Waals surface area contributed by atoms with Gasteiger partial charge in [0.25, 0.3) is 5.91 Å². The molecule has 1 amide bonds. The van der Waals surface area contributed by atoms with E-state index in [1.54, 1.807) is 12.4 Å². The van der Waals surface area contributed by atoms with Crippen molar-refractivity contribution < 1.29 is 4.79 Å². The van der Waals surface area contributed by atoms with Crippen LogP contribution in [0.4, 0.5) is 0 Å². The van der Waals surface area contributed by atoms with E-state index in [4.69, 9.17) is 0 Å². The molecule has 2 atom stereocenters. The normalized spacial score (nSPS) is 25.9. The van der Waals surface area contributed by atoms with E-state index in [2.05, 4.69) is 39.0 Å². The number of benzene rings is 1. The molecule has 3 fully saturated rings. The van der Waals surface area contributed by atoms with Crippen LogP contribution in [0.25, 0.3) is 0 Å². The topological polar surface area (TPSA) is 36.4 Å². The van der Waals surface area contributed by atoms with Gasteiger partial charge >= 0.3 is 0 Å². The first-order chi connectivity index (χ1) is 12.8. The maximum Gasteiger partial charge on any atom is 0.254 e. The van der Waals surface area contributed by atoms with Crippen LogP contribution >= 0.6 is 0 Å². The van der Waals surface area contributed by atoms with Gasteiger partial charge in [-0.1, -0.05) is 24.3 Å². The number of aromatic nitrogens is 1. The van der Waals surface area contributed by atoms with Crippen molar-refractivity contribution in [3.8, 4) is 0 Å². The second kappa shape index (κ2) is 6.51. The number of carbonyl (C=O) groups excluding carboxylic acids is 1. The molecule has 3 saturated heterocycles. The van der Waals surface area contributed by atoms with Crippen LogP contribution in [-0.4, -0.2) is 52.4 Å². The molecule has 6 rings (SSSR count). The van der Waals surface area contributed by atoms with Gasteiger partial charge in [0.2, 0.25) is 0 Å². The zero-order valence-corrected chi connectivity index (χ0v) is 15.1. The lowest BCUT2D eigenvalue weighted by molar-refractivity contribution is 0.0581. The molecule has 2 aromatic rings. The zero-order valence-electron chi connectivity index (χ0n) is 15.1. The van der Waals surface area contributed by atoms with Gasteiger partial charge in [0.1, 0.15) is 0 Å². The number of piperidine rings is 1. The first kappa shape index (κ1) is 16.0. The number of nitrogens with zero attached hydrogens (tertiary/aromatic N) is 3. The van der Waals surface area contributed by atoms with E-state index in [9.17, 15) is 4.79 Å². The summed E-state index contributed by atoms with van der Waals surface area (Å²) in [5.74, 6) is 0.780. The molecule has 4 heterocycles. The zero-order chi connectivity index (χ0) is 17.5. The van der Waals surface area contributed by atoms with Crippen LogP contribution in [0.5, 0.6) is 0 Å². The minimum absolute atomic E-state index is 0.179. The van der Waals surface area contributed by atoms with Crippen molar-refractivity contribution in [1.82, 2.24) is 14.8 Å². The largest absolute Gasteiger partial charge is 0.334 e. The molecule has 4 nitrogen and oxygen atoms in total. The van der Waals surface area contributed by atoms with Crippen LogP contribution in [-0.2, 0) is 12.8 Å². The van der Waals surface area contributed by atoms with Crippen LogP contribution in [0, 0.1) is 5.92 Å². The standard InChI is InChI=1S/C22H25N3O/c26-22(17-7-9-23-10-8-17)25-14-16-5-6-20(25)15-24(13-16)21-11-18-3-1-2-4-19(18)12-21/h1-4,7-10,16,20-21H,5-6,11-15H2/t16-,20+/m0/s1. The fraction of sp³-hybridized carbons (Fsp3) is 0.455. The Bertz CT molecular complexity index is 781. The van der Waals surface area contributed by atoms with Gasteiger partial charge in [0.05, 0.1) is 0 Å². The average Bonchev–Trinajstić information content (AvgIpc) is 2.91. The molecule has 4 aliphatic rings. The first-order valence-corrected chi connectivity index (χ1v) is 9.80. The number of amides is 1. The highest BCUT2D eigenvalue weighted by Gasteiger charge is 2.40. The Balaban J connectivity index is 1.34. The predicted octanol–water partition coefficient (Wildman–Crippen LogP) is 2.79. The van der Waals surface area contributed by atoms with Gasteiger partial charge < -0.3 is 4.90 Å². The Morgan fingerprint density at radius 1 is 0.885 bits per heavy atom. The Kier molecular flexibility index (Phi) is 4.01. The Morgan fingerprint density at radius 3 is 2.35 bits per heavy atom. The van der Waals surface area contributed by atoms with Crippen molar-refractivity contribution in [2.45, 2.75) is 37.8 Å². The predicted molar refractivity (Wildman–Crippen MR) is 101 cm³/mol. The Morgan fingerprint density at radius 2 is 1.62 bits per heavy atom. The molecule has 1 aromatic carbocycles. The summed E-state index contributed by atoms with van der Waals surface area (Å²) in [6.45, 7) is 3.06. The van der Waals surface area contributed by atoms with E-state index >= 15 is 0 Å². The molecule has 4 heteroatoms. The average molecular weight is 347 g/mol. The summed E-state index contributed by atoms with van der Waals surface area (Å²) in [6, 6.07) is 13.5. The van der Waals surface area contributed by atoms with Crippen molar-refractivity contribution in [3.05, 3.63) is 65.5 Å². The number of carbonyl (C=O) groups is 1. The SMILES string of the molecule is O=C(c1ccncc1)N1C[C@H]2CC[C@@H]1CN(C1Cc3ccccc3C1)C2. The highest BCUT2D eigenvalue weighted by molar-refractivity contribution is 5.94. The van der Waals surface area contributed by atoms with E-state index in [0.717, 1.165) is 44.5 Å². The molecule has 134 valence electrons. The highest BCUT2D eigenvalue weighted by atomic mass is 16.2. The molecular formula is C22H25N3O. The minimum Gasteiger partial charge on any atom is -0.334 e. The lowest BCUT2D eigenvalue weighted by Crippen LogP contribution is -2.48. The number of hydrogen-bond acceptors (Lipinski definition) is 3. The molecular weight excluding hydrogens is 322 g/mol. The summed E-state index contributed by atoms with van der Waals surface area (Å²) >= 11 is 0. The van der Waals surface area contributed by atoms with E-state index in [1.807, 2.05) is 12.1 Å². The Labute approximate surface area is 154 Å². The lowest BCUT2D eigenvalue weighted by atomic mass is 9.94. The maximum absolute atomic E-state index is 13.0. The van der Waals surface area contributed by atoms with E-state index < -0.39 is 0 Å². The van der Waals surface area contributed by atoms with Gasteiger partial charge in [0.15, 0.2) is 0 Å². The summed E-state index contributed by atoms with van der Waals surface area (Å²) in [5, 5.41) is 0. The van der Waals surface area contributed by atoms with Crippen LogP contribution < -0.4 is 0 Å². The third kappa shape index (κ3) is 2.82. The number of rotatable bonds is 2. The number of fused-ring (bicyclic) bond motifs is 5. The molecule has 1 aliphatic carbocycles. The van der Waals surface area contributed by atoms with Crippen molar-refractivity contribution in [1.29, 1.82) is 0 Å². The molecule has 0 spiro atoms. The van der Waals surface area contributed by atoms with Crippen LogP contribution in [0.2, 0.25) is 0 Å². The summed E-state index contributed by atoms with van der Waals surface area (Å²) in [4.78, 5) is 21.9.